The fourth-order valence-electron chi connectivity index (χ4n) is 5.21. The van der Waals surface area contributed by atoms with E-state index in [1.807, 2.05) is 32.9 Å². The first-order chi connectivity index (χ1) is 18.2. The number of nitrogens with zero attached hydrogens (tertiary/aromatic N) is 2. The van der Waals surface area contributed by atoms with Gasteiger partial charge in [-0.2, -0.15) is 0 Å². The van der Waals surface area contributed by atoms with E-state index in [2.05, 4.69) is 65.3 Å². The molecule has 6 nitrogen and oxygen atoms in total. The van der Waals surface area contributed by atoms with Crippen LogP contribution in [0.4, 0.5) is 5.82 Å². The van der Waals surface area contributed by atoms with Gasteiger partial charge in [-0.15, -0.1) is 0 Å². The second-order valence-electron chi connectivity index (χ2n) is 11.0. The molecule has 4 rings (SSSR count). The topological polar surface area (TPSA) is 80.5 Å². The maximum atomic E-state index is 13.0. The maximum absolute atomic E-state index is 13.0. The van der Waals surface area contributed by atoms with Crippen LogP contribution in [-0.4, -0.2) is 41.5 Å². The highest BCUT2D eigenvalue weighted by Crippen LogP contribution is 2.36. The summed E-state index contributed by atoms with van der Waals surface area (Å²) in [6.45, 7) is 11.8. The molecule has 2 aromatic carbocycles. The summed E-state index contributed by atoms with van der Waals surface area (Å²) in [5.74, 6) is 0.807. The molecule has 2 heterocycles. The Hall–Kier alpha value is -3.80. The van der Waals surface area contributed by atoms with Crippen molar-refractivity contribution in [3.63, 3.8) is 0 Å². The summed E-state index contributed by atoms with van der Waals surface area (Å²) < 4.78 is 6.07. The number of piperidine rings is 1. The summed E-state index contributed by atoms with van der Waals surface area (Å²) in [7, 11) is 1.63. The number of aromatic nitrogens is 1. The lowest BCUT2D eigenvalue weighted by Crippen LogP contribution is -2.37. The van der Waals surface area contributed by atoms with Crippen LogP contribution in [-0.2, 0) is 17.6 Å². The highest BCUT2D eigenvalue weighted by molar-refractivity contribution is 6.00. The second-order valence-corrected chi connectivity index (χ2v) is 11.0. The van der Waals surface area contributed by atoms with Gasteiger partial charge in [0.05, 0.1) is 11.3 Å². The first kappa shape index (κ1) is 27.2. The Morgan fingerprint density at radius 2 is 1.84 bits per heavy atom. The van der Waals surface area contributed by atoms with E-state index in [0.29, 0.717) is 18.0 Å². The van der Waals surface area contributed by atoms with Crippen molar-refractivity contribution in [2.75, 3.05) is 25.9 Å². The molecule has 1 atom stereocenters. The predicted molar refractivity (Wildman–Crippen MR) is 155 cm³/mol. The number of rotatable bonds is 8. The van der Waals surface area contributed by atoms with Crippen LogP contribution in [0.25, 0.3) is 11.3 Å². The van der Waals surface area contributed by atoms with Crippen molar-refractivity contribution in [3.8, 4) is 11.3 Å². The summed E-state index contributed by atoms with van der Waals surface area (Å²) in [5, 5.41) is 2.76. The van der Waals surface area contributed by atoms with Crippen molar-refractivity contribution in [1.82, 2.24) is 15.2 Å². The van der Waals surface area contributed by atoms with Gasteiger partial charge in [-0.3, -0.25) is 4.79 Å². The number of hydrogen-bond donors (Lipinski definition) is 2. The zero-order valence-electron chi connectivity index (χ0n) is 23.1. The van der Waals surface area contributed by atoms with Gasteiger partial charge in [0.2, 0.25) is 0 Å². The standard InChI is InChI=1S/C32H40N4O2/c1-22(38-32(2,3)4)36-19-11-15-25(21-36)27-20-28(35-30(33)29(27)31(37)34-5)26-16-10-9-14-24(26)18-17-23-12-7-6-8-13-23/h6-10,12-14,16,20,25H,1,11,15,17-19,21H2,2-5H3,(H2,33,35)(H,34,37). The molecule has 0 bridgehead atoms. The Labute approximate surface area is 226 Å². The predicted octanol–water partition coefficient (Wildman–Crippen LogP) is 5.94. The third kappa shape index (κ3) is 6.55. The number of aryl methyl sites for hydroxylation is 2. The van der Waals surface area contributed by atoms with E-state index in [0.717, 1.165) is 49.0 Å². The molecule has 1 unspecified atom stereocenters. The van der Waals surface area contributed by atoms with Crippen molar-refractivity contribution in [3.05, 3.63) is 95.4 Å². The highest BCUT2D eigenvalue weighted by atomic mass is 16.5. The minimum atomic E-state index is -0.324. The first-order valence-corrected chi connectivity index (χ1v) is 13.4. The van der Waals surface area contributed by atoms with Gasteiger partial charge < -0.3 is 20.7 Å². The van der Waals surface area contributed by atoms with Gasteiger partial charge in [-0.05, 0) is 75.8 Å². The van der Waals surface area contributed by atoms with Gasteiger partial charge in [0.25, 0.3) is 5.91 Å². The number of ether oxygens (including phenoxy) is 1. The molecule has 0 aliphatic carbocycles. The lowest BCUT2D eigenvalue weighted by atomic mass is 9.86. The number of likely N-dealkylation sites (tertiary alicyclic amines) is 1. The normalized spacial score (nSPS) is 15.7. The molecule has 6 heteroatoms. The highest BCUT2D eigenvalue weighted by Gasteiger charge is 2.30. The monoisotopic (exact) mass is 512 g/mol. The van der Waals surface area contributed by atoms with Gasteiger partial charge in [-0.1, -0.05) is 54.6 Å². The van der Waals surface area contributed by atoms with E-state index < -0.39 is 0 Å². The molecule has 0 radical (unpaired) electrons. The van der Waals surface area contributed by atoms with E-state index >= 15 is 0 Å². The van der Waals surface area contributed by atoms with Crippen molar-refractivity contribution >= 4 is 11.7 Å². The molecule has 200 valence electrons. The van der Waals surface area contributed by atoms with E-state index in [-0.39, 0.29) is 23.2 Å². The Balaban J connectivity index is 1.69. The van der Waals surface area contributed by atoms with Gasteiger partial charge >= 0.3 is 0 Å². The van der Waals surface area contributed by atoms with E-state index in [1.165, 1.54) is 11.1 Å². The fraction of sp³-hybridized carbons (Fsp3) is 0.375. The van der Waals surface area contributed by atoms with Crippen LogP contribution in [0.2, 0.25) is 0 Å². The average molecular weight is 513 g/mol. The summed E-state index contributed by atoms with van der Waals surface area (Å²) in [4.78, 5) is 19.9. The smallest absolute Gasteiger partial charge is 0.255 e. The molecule has 1 aliphatic heterocycles. The molecule has 1 amide bonds. The number of anilines is 1. The van der Waals surface area contributed by atoms with E-state index in [4.69, 9.17) is 15.5 Å². The summed E-state index contributed by atoms with van der Waals surface area (Å²) in [6, 6.07) is 20.9. The number of pyridine rings is 1. The van der Waals surface area contributed by atoms with Crippen LogP contribution in [0.3, 0.4) is 0 Å². The number of nitrogens with two attached hydrogens (primary N) is 1. The molecule has 1 aliphatic rings. The van der Waals surface area contributed by atoms with Crippen molar-refractivity contribution in [1.29, 1.82) is 0 Å². The molecule has 0 saturated carbocycles. The molecule has 3 N–H and O–H groups in total. The number of benzene rings is 2. The molecule has 38 heavy (non-hydrogen) atoms. The number of carbonyl (C=O) groups is 1. The Morgan fingerprint density at radius 1 is 1.13 bits per heavy atom. The molecular formula is C32H40N4O2. The van der Waals surface area contributed by atoms with Crippen molar-refractivity contribution in [2.45, 2.75) is 58.0 Å². The molecule has 0 spiro atoms. The number of carbonyl (C=O) groups excluding carboxylic acids is 1. The zero-order valence-corrected chi connectivity index (χ0v) is 23.1. The van der Waals surface area contributed by atoms with E-state index in [9.17, 15) is 4.79 Å². The second kappa shape index (κ2) is 11.7. The summed E-state index contributed by atoms with van der Waals surface area (Å²) in [5.41, 5.74) is 11.9. The third-order valence-corrected chi connectivity index (χ3v) is 6.99. The quantitative estimate of drug-likeness (QED) is 0.365. The van der Waals surface area contributed by atoms with E-state index in [1.54, 1.807) is 7.05 Å². The van der Waals surface area contributed by atoms with Gasteiger partial charge in [0.1, 0.15) is 11.4 Å². The fourth-order valence-corrected chi connectivity index (χ4v) is 5.21. The molecule has 3 aromatic rings. The zero-order chi connectivity index (χ0) is 27.3. The lowest BCUT2D eigenvalue weighted by molar-refractivity contribution is -0.00376. The SMILES string of the molecule is C=C(OC(C)(C)C)N1CCCC(c2cc(-c3ccccc3CCc3ccccc3)nc(N)c2C(=O)NC)C1. The van der Waals surface area contributed by atoms with Crippen molar-refractivity contribution < 1.29 is 9.53 Å². The Morgan fingerprint density at radius 3 is 2.55 bits per heavy atom. The van der Waals surface area contributed by atoms with Crippen LogP contribution in [0, 0.1) is 0 Å². The van der Waals surface area contributed by atoms with Gasteiger partial charge in [0.15, 0.2) is 5.88 Å². The van der Waals surface area contributed by atoms with Crippen LogP contribution < -0.4 is 11.1 Å². The number of hydrogen-bond acceptors (Lipinski definition) is 5. The minimum Gasteiger partial charge on any atom is -0.474 e. The van der Waals surface area contributed by atoms with Crippen LogP contribution in [0.15, 0.2) is 73.1 Å². The molecule has 1 fully saturated rings. The molecule has 1 saturated heterocycles. The first-order valence-electron chi connectivity index (χ1n) is 13.4. The Kier molecular flexibility index (Phi) is 8.40. The molecule has 1 aromatic heterocycles. The summed E-state index contributed by atoms with van der Waals surface area (Å²) >= 11 is 0. The van der Waals surface area contributed by atoms with Gasteiger partial charge in [0, 0.05) is 31.6 Å². The number of nitrogens with one attached hydrogen (secondary N) is 1. The van der Waals surface area contributed by atoms with Crippen molar-refractivity contribution in [2.24, 2.45) is 0 Å². The molecular weight excluding hydrogens is 472 g/mol. The maximum Gasteiger partial charge on any atom is 0.255 e. The Bertz CT molecular complexity index is 1280. The minimum absolute atomic E-state index is 0.0944. The van der Waals surface area contributed by atoms with Crippen LogP contribution in [0.5, 0.6) is 0 Å². The van der Waals surface area contributed by atoms with Crippen LogP contribution >= 0.6 is 0 Å². The average Bonchev–Trinajstić information content (AvgIpc) is 2.91. The largest absolute Gasteiger partial charge is 0.474 e. The third-order valence-electron chi connectivity index (χ3n) is 6.99. The number of nitrogen functional groups attached to an aromatic ring is 1. The summed E-state index contributed by atoms with van der Waals surface area (Å²) in [6.07, 6.45) is 3.73. The van der Waals surface area contributed by atoms with Gasteiger partial charge in [-0.25, -0.2) is 4.98 Å². The lowest BCUT2D eigenvalue weighted by Gasteiger charge is -2.38. The van der Waals surface area contributed by atoms with Crippen LogP contribution in [0.1, 0.15) is 66.6 Å². The number of amides is 1.